The van der Waals surface area contributed by atoms with Crippen LogP contribution >= 0.6 is 0 Å². The molecule has 1 aromatic heterocycles. The van der Waals surface area contributed by atoms with Crippen LogP contribution in [0.5, 0.6) is 0 Å². The fourth-order valence-electron chi connectivity index (χ4n) is 2.14. The van der Waals surface area contributed by atoms with Crippen molar-refractivity contribution < 1.29 is 8.42 Å². The number of benzene rings is 1. The van der Waals surface area contributed by atoms with Crippen LogP contribution in [0.15, 0.2) is 29.3 Å². The maximum Gasteiger partial charge on any atom is 0.241 e. The van der Waals surface area contributed by atoms with Crippen LogP contribution in [0.1, 0.15) is 22.4 Å². The monoisotopic (exact) mass is 308 g/mol. The number of hydrogen-bond acceptors (Lipinski definition) is 4. The zero-order chi connectivity index (χ0) is 15.6. The second kappa shape index (κ2) is 5.97. The molecule has 2 aromatic rings. The summed E-state index contributed by atoms with van der Waals surface area (Å²) >= 11 is 0. The lowest BCUT2D eigenvalue weighted by Gasteiger charge is -2.11. The second-order valence-electron chi connectivity index (χ2n) is 4.95. The van der Waals surface area contributed by atoms with Gasteiger partial charge in [0.2, 0.25) is 10.0 Å². The van der Waals surface area contributed by atoms with Crippen molar-refractivity contribution in [3.05, 3.63) is 46.8 Å². The molecular formula is C14H20N4O2S. The molecule has 0 amide bonds. The van der Waals surface area contributed by atoms with E-state index in [9.17, 15) is 8.42 Å². The Kier molecular flexibility index (Phi) is 4.46. The van der Waals surface area contributed by atoms with E-state index in [1.165, 1.54) is 0 Å². The highest BCUT2D eigenvalue weighted by Gasteiger charge is 2.18. The smallest absolute Gasteiger partial charge is 0.241 e. The average molecular weight is 308 g/mol. The van der Waals surface area contributed by atoms with Crippen LogP contribution in [0.25, 0.3) is 0 Å². The predicted octanol–water partition coefficient (Wildman–Crippen LogP) is 0.974. The van der Waals surface area contributed by atoms with E-state index in [-0.39, 0.29) is 11.4 Å². The number of aryl methyl sites for hydroxylation is 1. The van der Waals surface area contributed by atoms with Crippen LogP contribution < -0.4 is 10.5 Å². The van der Waals surface area contributed by atoms with E-state index in [4.69, 9.17) is 5.73 Å². The first-order valence-corrected chi connectivity index (χ1v) is 8.11. The summed E-state index contributed by atoms with van der Waals surface area (Å²) in [4.78, 5) is 0.270. The van der Waals surface area contributed by atoms with Gasteiger partial charge in [-0.05, 0) is 31.0 Å². The number of rotatable bonds is 5. The van der Waals surface area contributed by atoms with Crippen LogP contribution in [0.3, 0.4) is 0 Å². The highest BCUT2D eigenvalue weighted by Crippen LogP contribution is 2.19. The van der Waals surface area contributed by atoms with Crippen molar-refractivity contribution in [1.82, 2.24) is 14.5 Å². The summed E-state index contributed by atoms with van der Waals surface area (Å²) in [5.41, 5.74) is 8.93. The van der Waals surface area contributed by atoms with E-state index < -0.39 is 10.0 Å². The summed E-state index contributed by atoms with van der Waals surface area (Å²) in [5, 5.41) is 4.10. The summed E-state index contributed by atoms with van der Waals surface area (Å²) in [7, 11) is -1.75. The highest BCUT2D eigenvalue weighted by atomic mass is 32.2. The summed E-state index contributed by atoms with van der Waals surface area (Å²) in [6.07, 6.45) is 1.67. The molecule has 21 heavy (non-hydrogen) atoms. The van der Waals surface area contributed by atoms with E-state index in [1.54, 1.807) is 29.9 Å². The Bertz CT molecular complexity index is 750. The molecule has 0 spiro atoms. The Labute approximate surface area is 125 Å². The molecule has 6 nitrogen and oxygen atoms in total. The van der Waals surface area contributed by atoms with Crippen LogP contribution in [0, 0.1) is 13.8 Å². The van der Waals surface area contributed by atoms with Gasteiger partial charge in [-0.2, -0.15) is 5.10 Å². The largest absolute Gasteiger partial charge is 0.326 e. The highest BCUT2D eigenvalue weighted by molar-refractivity contribution is 7.89. The fraction of sp³-hybridized carbons (Fsp3) is 0.357. The van der Waals surface area contributed by atoms with Gasteiger partial charge in [0.05, 0.1) is 11.1 Å². The van der Waals surface area contributed by atoms with Gasteiger partial charge in [0, 0.05) is 31.4 Å². The summed E-state index contributed by atoms with van der Waals surface area (Å²) < 4.78 is 29.2. The second-order valence-corrected chi connectivity index (χ2v) is 6.68. The zero-order valence-corrected chi connectivity index (χ0v) is 13.2. The third-order valence-corrected chi connectivity index (χ3v) is 5.24. The van der Waals surface area contributed by atoms with Gasteiger partial charge in [-0.15, -0.1) is 0 Å². The Hall–Kier alpha value is -1.70. The molecule has 0 atom stereocenters. The van der Waals surface area contributed by atoms with Gasteiger partial charge in [0.15, 0.2) is 0 Å². The minimum Gasteiger partial charge on any atom is -0.326 e. The molecule has 7 heteroatoms. The van der Waals surface area contributed by atoms with Gasteiger partial charge in [0.25, 0.3) is 0 Å². The minimum absolute atomic E-state index is 0.217. The van der Waals surface area contributed by atoms with Gasteiger partial charge < -0.3 is 5.73 Å². The molecule has 3 N–H and O–H groups in total. The van der Waals surface area contributed by atoms with Crippen molar-refractivity contribution in [2.24, 2.45) is 12.8 Å². The standard InChI is InChI=1S/C14H20N4O2S/c1-10-12(7-15)5-4-6-14(10)21(19,20)17-9-13-8-16-18(3)11(13)2/h4-6,8,17H,7,9,15H2,1-3H3. The molecule has 0 saturated carbocycles. The van der Waals surface area contributed by atoms with E-state index in [1.807, 2.05) is 20.0 Å². The molecule has 0 aliphatic carbocycles. The van der Waals surface area contributed by atoms with E-state index in [0.717, 1.165) is 16.8 Å². The zero-order valence-electron chi connectivity index (χ0n) is 12.4. The van der Waals surface area contributed by atoms with Gasteiger partial charge in [-0.25, -0.2) is 13.1 Å². The van der Waals surface area contributed by atoms with Gasteiger partial charge >= 0.3 is 0 Å². The molecule has 2 rings (SSSR count). The molecule has 0 aliphatic heterocycles. The third-order valence-electron chi connectivity index (χ3n) is 3.70. The quantitative estimate of drug-likeness (QED) is 0.861. The molecule has 0 radical (unpaired) electrons. The molecule has 0 fully saturated rings. The molecule has 0 saturated heterocycles. The van der Waals surface area contributed by atoms with Crippen molar-refractivity contribution in [3.63, 3.8) is 0 Å². The molecule has 0 aliphatic rings. The Morgan fingerprint density at radius 1 is 1.29 bits per heavy atom. The lowest BCUT2D eigenvalue weighted by Crippen LogP contribution is -2.24. The predicted molar refractivity (Wildman–Crippen MR) is 81.0 cm³/mol. The van der Waals surface area contributed by atoms with Gasteiger partial charge in [-0.3, -0.25) is 4.68 Å². The van der Waals surface area contributed by atoms with Crippen molar-refractivity contribution in [2.45, 2.75) is 31.8 Å². The summed E-state index contributed by atoms with van der Waals surface area (Å²) in [6.45, 7) is 4.20. The summed E-state index contributed by atoms with van der Waals surface area (Å²) in [6, 6.07) is 5.13. The lowest BCUT2D eigenvalue weighted by atomic mass is 10.1. The average Bonchev–Trinajstić information content (AvgIpc) is 2.77. The molecule has 0 bridgehead atoms. The maximum absolute atomic E-state index is 12.4. The molecule has 0 unspecified atom stereocenters. The van der Waals surface area contributed by atoms with Crippen LogP contribution in [-0.4, -0.2) is 18.2 Å². The number of nitrogens with one attached hydrogen (secondary N) is 1. The van der Waals surface area contributed by atoms with Crippen molar-refractivity contribution >= 4 is 10.0 Å². The van der Waals surface area contributed by atoms with Crippen molar-refractivity contribution in [3.8, 4) is 0 Å². The first kappa shape index (κ1) is 15.7. The van der Waals surface area contributed by atoms with Gasteiger partial charge in [-0.1, -0.05) is 12.1 Å². The molecule has 1 aromatic carbocycles. The number of nitrogens with two attached hydrogens (primary N) is 1. The van der Waals surface area contributed by atoms with E-state index in [0.29, 0.717) is 12.1 Å². The van der Waals surface area contributed by atoms with E-state index >= 15 is 0 Å². The fourth-order valence-corrected chi connectivity index (χ4v) is 3.43. The normalized spacial score (nSPS) is 11.8. The topological polar surface area (TPSA) is 90.0 Å². The summed E-state index contributed by atoms with van der Waals surface area (Å²) in [5.74, 6) is 0. The SMILES string of the molecule is Cc1c(CN)cccc1S(=O)(=O)NCc1cnn(C)c1C. The number of sulfonamides is 1. The Morgan fingerprint density at radius 2 is 2.00 bits per heavy atom. The van der Waals surface area contributed by atoms with Crippen molar-refractivity contribution in [2.75, 3.05) is 0 Å². The maximum atomic E-state index is 12.4. The number of hydrogen-bond donors (Lipinski definition) is 2. The van der Waals surface area contributed by atoms with Gasteiger partial charge in [0.1, 0.15) is 0 Å². The number of nitrogens with zero attached hydrogens (tertiary/aromatic N) is 2. The molecular weight excluding hydrogens is 288 g/mol. The van der Waals surface area contributed by atoms with Crippen molar-refractivity contribution in [1.29, 1.82) is 0 Å². The first-order chi connectivity index (χ1) is 9.86. The third kappa shape index (κ3) is 3.15. The Morgan fingerprint density at radius 3 is 2.57 bits per heavy atom. The lowest BCUT2D eigenvalue weighted by molar-refractivity contribution is 0.580. The Balaban J connectivity index is 2.25. The van der Waals surface area contributed by atoms with E-state index in [2.05, 4.69) is 9.82 Å². The van der Waals surface area contributed by atoms with Crippen LogP contribution in [0.2, 0.25) is 0 Å². The minimum atomic E-state index is -3.57. The number of aromatic nitrogens is 2. The van der Waals surface area contributed by atoms with Crippen LogP contribution in [0.4, 0.5) is 0 Å². The van der Waals surface area contributed by atoms with Crippen LogP contribution in [-0.2, 0) is 30.2 Å². The molecule has 1 heterocycles. The molecule has 114 valence electrons. The first-order valence-electron chi connectivity index (χ1n) is 6.62.